The number of hydrogen-bond acceptors (Lipinski definition) is 7. The Bertz CT molecular complexity index is 1290. The third kappa shape index (κ3) is 3.14. The van der Waals surface area contributed by atoms with Crippen LogP contribution in [0, 0.1) is 0 Å². The predicted octanol–water partition coefficient (Wildman–Crippen LogP) is 0.842. The van der Waals surface area contributed by atoms with E-state index < -0.39 is 0 Å². The average Bonchev–Trinajstić information content (AvgIpc) is 3.35. The maximum Gasteiger partial charge on any atom is 0.293 e. The molecule has 154 valence electrons. The highest BCUT2D eigenvalue weighted by Gasteiger charge is 2.22. The molecule has 0 amide bonds. The van der Waals surface area contributed by atoms with Gasteiger partial charge in [0.15, 0.2) is 11.6 Å². The number of fused-ring (bicyclic) bond motifs is 1. The van der Waals surface area contributed by atoms with Gasteiger partial charge in [0.25, 0.3) is 5.56 Å². The van der Waals surface area contributed by atoms with Gasteiger partial charge in [0.2, 0.25) is 0 Å². The van der Waals surface area contributed by atoms with Gasteiger partial charge in [-0.05, 0) is 18.9 Å². The van der Waals surface area contributed by atoms with Gasteiger partial charge < -0.3 is 15.2 Å². The van der Waals surface area contributed by atoms with Crippen molar-refractivity contribution in [2.45, 2.75) is 18.9 Å². The summed E-state index contributed by atoms with van der Waals surface area (Å²) in [6.07, 6.45) is 10.8. The van der Waals surface area contributed by atoms with Crippen LogP contribution in [0.2, 0.25) is 0 Å². The molecular weight excluding hydrogens is 382 g/mol. The van der Waals surface area contributed by atoms with E-state index in [9.17, 15) is 4.79 Å². The second-order valence-corrected chi connectivity index (χ2v) is 7.77. The van der Waals surface area contributed by atoms with Crippen molar-refractivity contribution in [1.82, 2.24) is 34.1 Å². The number of hydrogen-bond donors (Lipinski definition) is 1. The summed E-state index contributed by atoms with van der Waals surface area (Å²) in [5.41, 5.74) is 8.56. The van der Waals surface area contributed by atoms with Gasteiger partial charge in [-0.3, -0.25) is 14.5 Å². The molecule has 0 spiro atoms. The van der Waals surface area contributed by atoms with Crippen molar-refractivity contribution in [3.05, 3.63) is 47.4 Å². The van der Waals surface area contributed by atoms with Gasteiger partial charge in [-0.15, -0.1) is 0 Å². The molecule has 5 heterocycles. The molecule has 1 fully saturated rings. The van der Waals surface area contributed by atoms with E-state index in [0.29, 0.717) is 18.2 Å². The molecule has 4 aromatic heterocycles. The number of rotatable bonds is 3. The fourth-order valence-electron chi connectivity index (χ4n) is 3.90. The SMILES string of the molecule is Cn1cc(-c2cc3c(cn2)cnn3-c2cn(C)c(=O)c(N3CCC[C@H](N)C3)n2)cn1. The third-order valence-electron chi connectivity index (χ3n) is 5.47. The van der Waals surface area contributed by atoms with E-state index in [1.54, 1.807) is 45.8 Å². The Balaban J connectivity index is 1.62. The van der Waals surface area contributed by atoms with Gasteiger partial charge in [-0.2, -0.15) is 10.2 Å². The fraction of sp³-hybridized carbons (Fsp3) is 0.350. The second-order valence-electron chi connectivity index (χ2n) is 7.77. The summed E-state index contributed by atoms with van der Waals surface area (Å²) in [5, 5.41) is 9.62. The summed E-state index contributed by atoms with van der Waals surface area (Å²) in [5.74, 6) is 0.986. The lowest BCUT2D eigenvalue weighted by Gasteiger charge is -2.31. The second kappa shape index (κ2) is 7.06. The van der Waals surface area contributed by atoms with Gasteiger partial charge >= 0.3 is 0 Å². The van der Waals surface area contributed by atoms with Crippen LogP contribution in [0.5, 0.6) is 0 Å². The summed E-state index contributed by atoms with van der Waals surface area (Å²) >= 11 is 0. The average molecular weight is 405 g/mol. The minimum Gasteiger partial charge on any atom is -0.350 e. The Hall–Kier alpha value is -3.53. The molecule has 0 aromatic carbocycles. The minimum atomic E-state index is -0.137. The lowest BCUT2D eigenvalue weighted by atomic mass is 10.1. The molecule has 0 unspecified atom stereocenters. The zero-order valence-corrected chi connectivity index (χ0v) is 16.9. The Morgan fingerprint density at radius 3 is 2.77 bits per heavy atom. The molecule has 1 aliphatic rings. The molecule has 0 saturated carbocycles. The lowest BCUT2D eigenvalue weighted by molar-refractivity contribution is 0.500. The Morgan fingerprint density at radius 2 is 2.00 bits per heavy atom. The highest BCUT2D eigenvalue weighted by Crippen LogP contribution is 2.23. The Labute approximate surface area is 172 Å². The van der Waals surface area contributed by atoms with E-state index in [4.69, 9.17) is 10.7 Å². The van der Waals surface area contributed by atoms with Gasteiger partial charge in [-0.25, -0.2) is 9.67 Å². The quantitative estimate of drug-likeness (QED) is 0.537. The largest absolute Gasteiger partial charge is 0.350 e. The van der Waals surface area contributed by atoms with Crippen LogP contribution in [0.3, 0.4) is 0 Å². The molecule has 1 saturated heterocycles. The van der Waals surface area contributed by atoms with E-state index in [1.165, 1.54) is 0 Å². The van der Waals surface area contributed by atoms with Crippen molar-refractivity contribution in [2.24, 2.45) is 19.8 Å². The van der Waals surface area contributed by atoms with Crippen LogP contribution >= 0.6 is 0 Å². The molecule has 0 bridgehead atoms. The molecular formula is C20H23N9O. The summed E-state index contributed by atoms with van der Waals surface area (Å²) in [6, 6.07) is 2.01. The van der Waals surface area contributed by atoms with E-state index in [1.807, 2.05) is 24.2 Å². The van der Waals surface area contributed by atoms with Crippen molar-refractivity contribution < 1.29 is 0 Å². The molecule has 5 rings (SSSR count). The molecule has 1 aliphatic heterocycles. The molecule has 2 N–H and O–H groups in total. The zero-order valence-electron chi connectivity index (χ0n) is 16.9. The molecule has 10 heteroatoms. The molecule has 0 radical (unpaired) electrons. The van der Waals surface area contributed by atoms with E-state index in [0.717, 1.165) is 41.5 Å². The van der Waals surface area contributed by atoms with E-state index in [2.05, 4.69) is 15.2 Å². The van der Waals surface area contributed by atoms with Crippen molar-refractivity contribution >= 4 is 16.7 Å². The van der Waals surface area contributed by atoms with Crippen LogP contribution in [0.15, 0.2) is 41.8 Å². The van der Waals surface area contributed by atoms with Crippen LogP contribution in [0.4, 0.5) is 5.82 Å². The molecule has 10 nitrogen and oxygen atoms in total. The smallest absolute Gasteiger partial charge is 0.293 e. The van der Waals surface area contributed by atoms with Crippen LogP contribution in [-0.4, -0.2) is 53.2 Å². The van der Waals surface area contributed by atoms with Crippen molar-refractivity contribution in [3.63, 3.8) is 0 Å². The summed E-state index contributed by atoms with van der Waals surface area (Å²) in [4.78, 5) is 24.0. The third-order valence-corrected chi connectivity index (χ3v) is 5.47. The minimum absolute atomic E-state index is 0.0487. The molecule has 0 aliphatic carbocycles. The van der Waals surface area contributed by atoms with Crippen molar-refractivity contribution in [3.8, 4) is 17.1 Å². The highest BCUT2D eigenvalue weighted by atomic mass is 16.1. The van der Waals surface area contributed by atoms with E-state index >= 15 is 0 Å². The highest BCUT2D eigenvalue weighted by molar-refractivity contribution is 5.82. The summed E-state index contributed by atoms with van der Waals surface area (Å²) in [7, 11) is 3.60. The number of anilines is 1. The van der Waals surface area contributed by atoms with Gasteiger partial charge in [0.05, 0.1) is 29.8 Å². The number of nitrogens with two attached hydrogens (primary N) is 1. The Kier molecular flexibility index (Phi) is 4.35. The first-order chi connectivity index (χ1) is 14.5. The zero-order chi connectivity index (χ0) is 20.8. The molecule has 30 heavy (non-hydrogen) atoms. The maximum absolute atomic E-state index is 12.8. The van der Waals surface area contributed by atoms with Crippen LogP contribution in [-0.2, 0) is 14.1 Å². The Morgan fingerprint density at radius 1 is 1.13 bits per heavy atom. The standard InChI is InChI=1S/C20H23N9O/c1-26-12-18(25-19(20(26)30)28-5-3-4-15(21)11-28)29-17-6-16(14-9-23-27(2)10-14)22-7-13(17)8-24-29/h6-10,12,15H,3-5,11,21H2,1-2H3/t15-/m0/s1. The maximum atomic E-state index is 12.8. The predicted molar refractivity (Wildman–Crippen MR) is 114 cm³/mol. The van der Waals surface area contributed by atoms with Crippen molar-refractivity contribution in [1.29, 1.82) is 0 Å². The van der Waals surface area contributed by atoms with Gasteiger partial charge in [-0.1, -0.05) is 0 Å². The summed E-state index contributed by atoms with van der Waals surface area (Å²) in [6.45, 7) is 1.40. The summed E-state index contributed by atoms with van der Waals surface area (Å²) < 4.78 is 5.03. The van der Waals surface area contributed by atoms with Crippen LogP contribution < -0.4 is 16.2 Å². The monoisotopic (exact) mass is 405 g/mol. The lowest BCUT2D eigenvalue weighted by Crippen LogP contribution is -2.45. The van der Waals surface area contributed by atoms with Gasteiger partial charge in [0.1, 0.15) is 0 Å². The first-order valence-electron chi connectivity index (χ1n) is 9.91. The van der Waals surface area contributed by atoms with E-state index in [-0.39, 0.29) is 11.6 Å². The van der Waals surface area contributed by atoms with Crippen LogP contribution in [0.25, 0.3) is 28.0 Å². The number of nitrogens with zero attached hydrogens (tertiary/aromatic N) is 8. The fourth-order valence-corrected chi connectivity index (χ4v) is 3.90. The van der Waals surface area contributed by atoms with Crippen LogP contribution in [0.1, 0.15) is 12.8 Å². The van der Waals surface area contributed by atoms with Crippen molar-refractivity contribution in [2.75, 3.05) is 18.0 Å². The first kappa shape index (κ1) is 18.5. The number of aromatic nitrogens is 7. The number of aryl methyl sites for hydroxylation is 2. The molecule has 1 atom stereocenters. The number of piperidine rings is 1. The topological polar surface area (TPSA) is 113 Å². The first-order valence-corrected chi connectivity index (χ1v) is 9.91. The van der Waals surface area contributed by atoms with Gasteiger partial charge in [0, 0.05) is 56.6 Å². The molecule has 4 aromatic rings. The number of pyridine rings is 1. The normalized spacial score (nSPS) is 17.0.